The lowest BCUT2D eigenvalue weighted by Gasteiger charge is -2.17. The molecular formula is C54H48Br2N2O8. The minimum absolute atomic E-state index is 0.242. The van der Waals surface area contributed by atoms with Crippen LogP contribution in [0.5, 0.6) is 23.0 Å². The lowest BCUT2D eigenvalue weighted by Crippen LogP contribution is -2.07. The van der Waals surface area contributed by atoms with Crippen LogP contribution in [0.2, 0.25) is 0 Å². The van der Waals surface area contributed by atoms with Crippen LogP contribution in [0.15, 0.2) is 167 Å². The topological polar surface area (TPSA) is 110 Å². The fourth-order valence-electron chi connectivity index (χ4n) is 7.37. The van der Waals surface area contributed by atoms with Crippen LogP contribution in [-0.2, 0) is 18.0 Å². The molecule has 1 N–H and O–H groups in total. The highest BCUT2D eigenvalue weighted by Crippen LogP contribution is 2.38. The van der Waals surface area contributed by atoms with Gasteiger partial charge in [0, 0.05) is 42.8 Å². The minimum Gasteiger partial charge on any atom is -0.497 e. The maximum atomic E-state index is 12.3. The maximum absolute atomic E-state index is 12.3. The van der Waals surface area contributed by atoms with E-state index >= 15 is 0 Å². The Kier molecular flexibility index (Phi) is 15.5. The molecule has 0 aliphatic heterocycles. The summed E-state index contributed by atoms with van der Waals surface area (Å²) in [5, 5.41) is 9.41. The van der Waals surface area contributed by atoms with E-state index in [-0.39, 0.29) is 11.5 Å². The van der Waals surface area contributed by atoms with Crippen molar-refractivity contribution in [1.82, 2.24) is 9.13 Å². The van der Waals surface area contributed by atoms with E-state index in [2.05, 4.69) is 48.6 Å². The van der Waals surface area contributed by atoms with Crippen molar-refractivity contribution in [3.63, 3.8) is 0 Å². The number of hydrogen-bond donors (Lipinski definition) is 1. The van der Waals surface area contributed by atoms with Gasteiger partial charge in [0.05, 0.1) is 43.3 Å². The van der Waals surface area contributed by atoms with Gasteiger partial charge >= 0.3 is 11.9 Å². The van der Waals surface area contributed by atoms with Gasteiger partial charge in [-0.15, -0.1) is 0 Å². The molecule has 12 heteroatoms. The van der Waals surface area contributed by atoms with Gasteiger partial charge in [-0.2, -0.15) is 0 Å². The van der Waals surface area contributed by atoms with Crippen LogP contribution < -0.4 is 18.9 Å². The molecule has 0 unspecified atom stereocenters. The van der Waals surface area contributed by atoms with Crippen LogP contribution in [0.1, 0.15) is 50.2 Å². The molecule has 0 amide bonds. The molecule has 8 aromatic rings. The monoisotopic (exact) mass is 1010 g/mol. The van der Waals surface area contributed by atoms with Crippen LogP contribution in [-0.4, -0.2) is 47.0 Å². The molecule has 0 bridgehead atoms. The van der Waals surface area contributed by atoms with Gasteiger partial charge in [-0.05, 0) is 153 Å². The maximum Gasteiger partial charge on any atom is 0.338 e. The second-order valence-corrected chi connectivity index (χ2v) is 16.9. The summed E-state index contributed by atoms with van der Waals surface area (Å²) in [6.07, 6.45) is 0. The Morgan fingerprint density at radius 3 is 1.41 bits per heavy atom. The first-order valence-corrected chi connectivity index (χ1v) is 22.6. The fraction of sp³-hybridized carbons (Fsp3) is 0.148. The smallest absolute Gasteiger partial charge is 0.338 e. The van der Waals surface area contributed by atoms with Crippen molar-refractivity contribution in [1.29, 1.82) is 0 Å². The molecule has 336 valence electrons. The summed E-state index contributed by atoms with van der Waals surface area (Å²) < 4.78 is 34.1. The van der Waals surface area contributed by atoms with Crippen LogP contribution in [0.25, 0.3) is 33.9 Å². The standard InChI is InChI=1S/C28H26BrNO4.C26H22BrNO4/c1-4-33-28(31)21-6-5-7-23(16-21)30-19(2)8-14-26(30)25-17-22(29)11-15-27(25)34-18-20-9-12-24(32-3)13-10-20;1-17-6-12-24(28(17)21-5-3-4-19(14-21)26(29)30)23-15-20(27)9-13-25(23)32-16-18-7-10-22(31-2)11-8-18/h5-17H,4,18H2,1-3H3;3-15H,16H2,1-2H3,(H,29,30). The van der Waals surface area contributed by atoms with Crippen LogP contribution >= 0.6 is 31.9 Å². The predicted molar refractivity (Wildman–Crippen MR) is 265 cm³/mol. The zero-order valence-corrected chi connectivity index (χ0v) is 40.3. The molecule has 0 radical (unpaired) electrons. The van der Waals surface area contributed by atoms with E-state index in [1.807, 2.05) is 140 Å². The number of carboxylic acid groups (broad SMARTS) is 1. The number of methoxy groups -OCH3 is 2. The van der Waals surface area contributed by atoms with Gasteiger partial charge in [-0.25, -0.2) is 9.59 Å². The summed E-state index contributed by atoms with van der Waals surface area (Å²) in [6.45, 7) is 7.01. The van der Waals surface area contributed by atoms with Crippen molar-refractivity contribution in [3.8, 4) is 56.9 Å². The van der Waals surface area contributed by atoms with Crippen LogP contribution in [0, 0.1) is 13.8 Å². The third kappa shape index (κ3) is 11.3. The van der Waals surface area contributed by atoms with Crippen molar-refractivity contribution >= 4 is 43.8 Å². The number of carboxylic acids is 1. The van der Waals surface area contributed by atoms with E-state index in [0.717, 1.165) is 88.3 Å². The Bertz CT molecular complexity index is 2960. The lowest BCUT2D eigenvalue weighted by molar-refractivity contribution is 0.0525. The molecular weight excluding hydrogens is 964 g/mol. The van der Waals surface area contributed by atoms with Gasteiger partial charge < -0.3 is 37.9 Å². The molecule has 0 saturated carbocycles. The molecule has 2 heterocycles. The molecule has 0 aliphatic carbocycles. The van der Waals surface area contributed by atoms with Gasteiger partial charge in [0.25, 0.3) is 0 Å². The first-order valence-electron chi connectivity index (χ1n) is 21.1. The Morgan fingerprint density at radius 1 is 0.545 bits per heavy atom. The van der Waals surface area contributed by atoms with Crippen molar-refractivity contribution < 1.29 is 38.4 Å². The zero-order chi connectivity index (χ0) is 46.7. The van der Waals surface area contributed by atoms with Crippen molar-refractivity contribution in [2.45, 2.75) is 34.0 Å². The van der Waals surface area contributed by atoms with Gasteiger partial charge in [0.1, 0.15) is 36.2 Å². The Balaban J connectivity index is 0.000000197. The number of esters is 1. The van der Waals surface area contributed by atoms with Crippen molar-refractivity contribution in [2.24, 2.45) is 0 Å². The summed E-state index contributed by atoms with van der Waals surface area (Å²) in [6, 6.07) is 50.0. The van der Waals surface area contributed by atoms with Crippen LogP contribution in [0.3, 0.4) is 0 Å². The summed E-state index contributed by atoms with van der Waals surface area (Å²) in [5.41, 5.74) is 10.2. The highest BCUT2D eigenvalue weighted by Gasteiger charge is 2.18. The number of hydrogen-bond acceptors (Lipinski definition) is 7. The molecule has 0 spiro atoms. The molecule has 66 heavy (non-hydrogen) atoms. The van der Waals surface area contributed by atoms with Crippen molar-refractivity contribution in [2.75, 3.05) is 20.8 Å². The average Bonchev–Trinajstić information content (AvgIpc) is 3.93. The summed E-state index contributed by atoms with van der Waals surface area (Å²) in [7, 11) is 3.29. The van der Waals surface area contributed by atoms with Crippen molar-refractivity contribution in [3.05, 3.63) is 200 Å². The second-order valence-electron chi connectivity index (χ2n) is 15.1. The third-order valence-corrected chi connectivity index (χ3v) is 11.6. The second kappa shape index (κ2) is 21.8. The molecule has 0 atom stereocenters. The number of halogens is 2. The number of nitrogens with zero attached hydrogens (tertiary/aromatic N) is 2. The molecule has 0 fully saturated rings. The van der Waals surface area contributed by atoms with E-state index in [4.69, 9.17) is 23.7 Å². The largest absolute Gasteiger partial charge is 0.497 e. The molecule has 6 aromatic carbocycles. The number of carbonyl (C=O) groups excluding carboxylic acids is 1. The fourth-order valence-corrected chi connectivity index (χ4v) is 8.09. The molecule has 10 nitrogen and oxygen atoms in total. The summed E-state index contributed by atoms with van der Waals surface area (Å²) in [4.78, 5) is 23.8. The number of aryl methyl sites for hydroxylation is 2. The van der Waals surface area contributed by atoms with E-state index in [0.29, 0.717) is 25.4 Å². The number of aromatic carboxylic acids is 1. The number of carbonyl (C=O) groups is 2. The lowest BCUT2D eigenvalue weighted by atomic mass is 10.1. The number of aromatic nitrogens is 2. The van der Waals surface area contributed by atoms with E-state index < -0.39 is 5.97 Å². The highest BCUT2D eigenvalue weighted by atomic mass is 79.9. The van der Waals surface area contributed by atoms with E-state index in [9.17, 15) is 14.7 Å². The molecule has 0 saturated heterocycles. The van der Waals surface area contributed by atoms with Gasteiger partial charge in [0.2, 0.25) is 0 Å². The van der Waals surface area contributed by atoms with E-state index in [1.165, 1.54) is 0 Å². The van der Waals surface area contributed by atoms with Crippen LogP contribution in [0.4, 0.5) is 0 Å². The van der Waals surface area contributed by atoms with Gasteiger partial charge in [-0.1, -0.05) is 68.3 Å². The normalized spacial score (nSPS) is 10.7. The first kappa shape index (κ1) is 47.0. The third-order valence-electron chi connectivity index (χ3n) is 10.7. The highest BCUT2D eigenvalue weighted by molar-refractivity contribution is 9.10. The molecule has 0 aliphatic rings. The number of benzene rings is 6. The SMILES string of the molecule is CCOC(=O)c1cccc(-n2c(C)ccc2-c2cc(Br)ccc2OCc2ccc(OC)cc2)c1.COc1ccc(COc2ccc(Br)cc2-c2ccc(C)n2-c2cccc(C(=O)O)c2)cc1. The minimum atomic E-state index is -0.954. The van der Waals surface area contributed by atoms with E-state index in [1.54, 1.807) is 45.4 Å². The number of ether oxygens (including phenoxy) is 5. The predicted octanol–water partition coefficient (Wildman–Crippen LogP) is 13.5. The Morgan fingerprint density at radius 2 is 0.985 bits per heavy atom. The van der Waals surface area contributed by atoms with Gasteiger partial charge in [-0.3, -0.25) is 0 Å². The Labute approximate surface area is 401 Å². The summed E-state index contributed by atoms with van der Waals surface area (Å²) in [5.74, 6) is 1.82. The zero-order valence-electron chi connectivity index (χ0n) is 37.1. The average molecular weight is 1010 g/mol. The Hall–Kier alpha value is -7.02. The number of rotatable bonds is 15. The summed E-state index contributed by atoms with van der Waals surface area (Å²) >= 11 is 7.17. The molecule has 2 aromatic heterocycles. The van der Waals surface area contributed by atoms with Gasteiger partial charge in [0.15, 0.2) is 0 Å². The quantitative estimate of drug-likeness (QED) is 0.101. The first-order chi connectivity index (χ1) is 32.0. The molecule has 8 rings (SSSR count).